The second-order valence-corrected chi connectivity index (χ2v) is 10.6. The Labute approximate surface area is 238 Å². The summed E-state index contributed by atoms with van der Waals surface area (Å²) in [5.74, 6) is 0. The van der Waals surface area contributed by atoms with Gasteiger partial charge in [0.05, 0.1) is 26.3 Å². The van der Waals surface area contributed by atoms with E-state index in [1.54, 1.807) is 12.1 Å². The molecule has 0 aliphatic rings. The minimum atomic E-state index is 0.551. The van der Waals surface area contributed by atoms with Gasteiger partial charge < -0.3 is 0 Å². The molecule has 0 N–H and O–H groups in total. The maximum Gasteiger partial charge on any atom is 0.190 e. The lowest BCUT2D eigenvalue weighted by molar-refractivity contribution is 0.757. The van der Waals surface area contributed by atoms with Crippen LogP contribution in [0, 0.1) is 54.0 Å². The van der Waals surface area contributed by atoms with Gasteiger partial charge in [-0.1, -0.05) is 48.5 Å². The SMILES string of the molecule is [C-]#[N+]c1cc(-c2c(SOSc3ccc([N+]#[C-])c(C)c3-c3ccc(C)c([N+]#[C-])c3)ccc([N+]#[C-])c2C)ccc1C. The minimum Gasteiger partial charge on any atom is -0.238 e. The van der Waals surface area contributed by atoms with Crippen molar-refractivity contribution in [3.05, 3.63) is 129 Å². The molecule has 0 bridgehead atoms. The van der Waals surface area contributed by atoms with Gasteiger partial charge in [-0.05, 0) is 84.3 Å². The third kappa shape index (κ3) is 5.53. The highest BCUT2D eigenvalue weighted by Gasteiger charge is 2.17. The van der Waals surface area contributed by atoms with Gasteiger partial charge in [-0.2, -0.15) is 0 Å². The summed E-state index contributed by atoms with van der Waals surface area (Å²) in [7, 11) is 0. The van der Waals surface area contributed by atoms with Gasteiger partial charge in [0.25, 0.3) is 0 Å². The van der Waals surface area contributed by atoms with Gasteiger partial charge in [-0.15, -0.1) is 0 Å². The van der Waals surface area contributed by atoms with Gasteiger partial charge in [0.1, 0.15) is 0 Å². The fourth-order valence-electron chi connectivity index (χ4n) is 4.31. The standard InChI is InChI=1S/C32H22N4OS2/c1-19-9-11-23(17-27(19)35-7)31-21(3)25(33-5)13-15-29(31)38-37-39-30-16-14-26(34-6)22(4)32(30)24-12-10-20(2)28(18-24)36-8/h9-18H,1-4H3. The molecule has 0 aliphatic heterocycles. The van der Waals surface area contributed by atoms with Crippen molar-refractivity contribution >= 4 is 46.8 Å². The summed E-state index contributed by atoms with van der Waals surface area (Å²) in [5, 5.41) is 0. The molecule has 4 aromatic carbocycles. The molecule has 4 rings (SSSR count). The van der Waals surface area contributed by atoms with E-state index in [-0.39, 0.29) is 0 Å². The zero-order valence-electron chi connectivity index (χ0n) is 21.8. The van der Waals surface area contributed by atoms with Crippen molar-refractivity contribution in [1.82, 2.24) is 0 Å². The molecule has 4 aromatic rings. The number of hydrogen-bond donors (Lipinski definition) is 0. The quantitative estimate of drug-likeness (QED) is 0.179. The highest BCUT2D eigenvalue weighted by Crippen LogP contribution is 2.45. The molecule has 5 nitrogen and oxygen atoms in total. The molecule has 0 spiro atoms. The summed E-state index contributed by atoms with van der Waals surface area (Å²) < 4.78 is 6.11. The van der Waals surface area contributed by atoms with Crippen LogP contribution < -0.4 is 0 Å². The number of hydrogen-bond acceptors (Lipinski definition) is 3. The van der Waals surface area contributed by atoms with E-state index in [2.05, 4.69) is 19.4 Å². The Morgan fingerprint density at radius 3 is 1.26 bits per heavy atom. The predicted octanol–water partition coefficient (Wildman–Crippen LogP) is 11.2. The Morgan fingerprint density at radius 2 is 0.897 bits per heavy atom. The fourth-order valence-corrected chi connectivity index (χ4v) is 5.99. The van der Waals surface area contributed by atoms with Crippen molar-refractivity contribution in [2.45, 2.75) is 37.5 Å². The maximum atomic E-state index is 7.57. The Kier molecular flexibility index (Phi) is 8.41. The lowest BCUT2D eigenvalue weighted by Crippen LogP contribution is -1.90. The average molecular weight is 543 g/mol. The largest absolute Gasteiger partial charge is 0.238 e. The van der Waals surface area contributed by atoms with Gasteiger partial charge >= 0.3 is 0 Å². The summed E-state index contributed by atoms with van der Waals surface area (Å²) in [6.45, 7) is 37.8. The molecular weight excluding hydrogens is 521 g/mol. The first-order valence-electron chi connectivity index (χ1n) is 11.8. The molecule has 0 unspecified atom stereocenters. The molecule has 0 radical (unpaired) electrons. The van der Waals surface area contributed by atoms with Crippen molar-refractivity contribution in [2.75, 3.05) is 0 Å². The second-order valence-electron chi connectivity index (χ2n) is 8.85. The third-order valence-electron chi connectivity index (χ3n) is 6.52. The van der Waals surface area contributed by atoms with E-state index in [0.29, 0.717) is 22.7 Å². The first kappa shape index (κ1) is 27.5. The Balaban J connectivity index is 1.72. The highest BCUT2D eigenvalue weighted by molar-refractivity contribution is 8.08. The van der Waals surface area contributed by atoms with Crippen LogP contribution in [0.1, 0.15) is 22.3 Å². The predicted molar refractivity (Wildman–Crippen MR) is 161 cm³/mol. The van der Waals surface area contributed by atoms with Crippen LogP contribution in [-0.2, 0) is 3.63 Å². The van der Waals surface area contributed by atoms with Gasteiger partial charge in [0.15, 0.2) is 22.7 Å². The van der Waals surface area contributed by atoms with Crippen molar-refractivity contribution in [3.63, 3.8) is 0 Å². The Bertz CT molecular complexity index is 1650. The first-order valence-corrected chi connectivity index (χ1v) is 13.3. The Morgan fingerprint density at radius 1 is 0.513 bits per heavy atom. The summed E-state index contributed by atoms with van der Waals surface area (Å²) in [6.07, 6.45) is 0. The van der Waals surface area contributed by atoms with Gasteiger partial charge in [0.2, 0.25) is 0 Å². The molecule has 0 aliphatic carbocycles. The molecule has 188 valence electrons. The molecule has 0 amide bonds. The molecule has 0 heterocycles. The van der Waals surface area contributed by atoms with Gasteiger partial charge in [0, 0.05) is 33.9 Å². The summed E-state index contributed by atoms with van der Waals surface area (Å²) in [6, 6.07) is 18.8. The van der Waals surface area contributed by atoms with Gasteiger partial charge in [-0.25, -0.2) is 23.0 Å². The van der Waals surface area contributed by atoms with Crippen molar-refractivity contribution in [2.24, 2.45) is 0 Å². The van der Waals surface area contributed by atoms with Crippen LogP contribution in [0.3, 0.4) is 0 Å². The van der Waals surface area contributed by atoms with Crippen LogP contribution >= 0.6 is 24.1 Å². The maximum absolute atomic E-state index is 7.57. The van der Waals surface area contributed by atoms with E-state index in [1.165, 1.54) is 24.1 Å². The zero-order valence-corrected chi connectivity index (χ0v) is 23.4. The van der Waals surface area contributed by atoms with E-state index >= 15 is 0 Å². The van der Waals surface area contributed by atoms with Crippen LogP contribution in [0.15, 0.2) is 70.5 Å². The molecule has 39 heavy (non-hydrogen) atoms. The highest BCUT2D eigenvalue weighted by atomic mass is 32.2. The number of rotatable bonds is 6. The Hall–Kier alpha value is -4.50. The van der Waals surface area contributed by atoms with Crippen LogP contribution in [-0.4, -0.2) is 0 Å². The number of nitrogens with zero attached hydrogens (tertiary/aromatic N) is 4. The van der Waals surface area contributed by atoms with Crippen LogP contribution in [0.5, 0.6) is 0 Å². The van der Waals surface area contributed by atoms with Crippen molar-refractivity contribution < 1.29 is 3.63 Å². The molecule has 7 heteroatoms. The van der Waals surface area contributed by atoms with E-state index < -0.39 is 0 Å². The van der Waals surface area contributed by atoms with Gasteiger partial charge in [-0.3, -0.25) is 0 Å². The molecule has 0 aromatic heterocycles. The second kappa shape index (κ2) is 11.9. The van der Waals surface area contributed by atoms with Crippen molar-refractivity contribution in [1.29, 1.82) is 0 Å². The third-order valence-corrected chi connectivity index (χ3v) is 8.11. The first-order chi connectivity index (χ1) is 18.8. The van der Waals surface area contributed by atoms with Crippen LogP contribution in [0.2, 0.25) is 0 Å². The smallest absolute Gasteiger partial charge is 0.190 e. The van der Waals surface area contributed by atoms with E-state index in [9.17, 15) is 0 Å². The van der Waals surface area contributed by atoms with Crippen molar-refractivity contribution in [3.8, 4) is 22.3 Å². The van der Waals surface area contributed by atoms with Crippen LogP contribution in [0.4, 0.5) is 22.7 Å². The molecular formula is C32H22N4OS2. The summed E-state index contributed by atoms with van der Waals surface area (Å²) in [4.78, 5) is 16.3. The van der Waals surface area contributed by atoms with Crippen LogP contribution in [0.25, 0.3) is 41.6 Å². The normalized spacial score (nSPS) is 10.3. The number of benzene rings is 4. The molecule has 0 saturated carbocycles. The molecule has 0 saturated heterocycles. The lowest BCUT2D eigenvalue weighted by atomic mass is 9.97. The summed E-state index contributed by atoms with van der Waals surface area (Å²) in [5.41, 5.74) is 9.13. The molecule has 0 fully saturated rings. The molecule has 0 atom stereocenters. The monoisotopic (exact) mass is 542 g/mol. The fraction of sp³-hybridized carbons (Fsp3) is 0.125. The minimum absolute atomic E-state index is 0.551. The summed E-state index contributed by atoms with van der Waals surface area (Å²) >= 11 is 2.38. The van der Waals surface area contributed by atoms with E-state index in [1.807, 2.05) is 76.2 Å². The average Bonchev–Trinajstić information content (AvgIpc) is 2.94. The topological polar surface area (TPSA) is 26.7 Å². The lowest BCUT2D eigenvalue weighted by Gasteiger charge is -2.16. The zero-order chi connectivity index (χ0) is 28.1. The van der Waals surface area contributed by atoms with E-state index in [4.69, 9.17) is 29.9 Å². The number of aryl methyl sites for hydroxylation is 2. The van der Waals surface area contributed by atoms with E-state index in [0.717, 1.165) is 54.3 Å².